The third kappa shape index (κ3) is 3.35. The Labute approximate surface area is 178 Å². The molecule has 1 aliphatic rings. The molecule has 1 aliphatic carbocycles. The topological polar surface area (TPSA) is 125 Å². The Balaban J connectivity index is 1.67. The third-order valence-corrected chi connectivity index (χ3v) is 5.86. The number of fused-ring (bicyclic) bond motifs is 1. The van der Waals surface area contributed by atoms with Gasteiger partial charge in [0.1, 0.15) is 17.1 Å². The maximum absolute atomic E-state index is 12.4. The van der Waals surface area contributed by atoms with Gasteiger partial charge in [-0.25, -0.2) is 4.98 Å². The number of anilines is 3. The molecule has 1 aromatic carbocycles. The molecule has 0 spiro atoms. The number of carbonyl (C=O) groups is 1. The Morgan fingerprint density at radius 3 is 2.65 bits per heavy atom. The lowest BCUT2D eigenvalue weighted by Crippen LogP contribution is -2.41. The number of aryl methyl sites for hydroxylation is 1. The molecular formula is C22H24N4O5. The highest BCUT2D eigenvalue weighted by atomic mass is 16.3. The summed E-state index contributed by atoms with van der Waals surface area (Å²) in [6.07, 6.45) is 4.63. The van der Waals surface area contributed by atoms with Crippen molar-refractivity contribution in [1.29, 1.82) is 0 Å². The van der Waals surface area contributed by atoms with Crippen LogP contribution < -0.4 is 21.5 Å². The fourth-order valence-electron chi connectivity index (χ4n) is 3.94. The highest BCUT2D eigenvalue weighted by molar-refractivity contribution is 5.97. The van der Waals surface area contributed by atoms with E-state index in [9.17, 15) is 19.5 Å². The van der Waals surface area contributed by atoms with Crippen LogP contribution in [0.4, 0.5) is 17.1 Å². The second-order valence-corrected chi connectivity index (χ2v) is 8.65. The van der Waals surface area contributed by atoms with E-state index in [0.29, 0.717) is 0 Å². The number of rotatable bonds is 5. The first-order valence-electron chi connectivity index (χ1n) is 9.94. The molecule has 2 heterocycles. The maximum Gasteiger partial charge on any atom is 0.275 e. The van der Waals surface area contributed by atoms with Crippen LogP contribution in [0.5, 0.6) is 5.75 Å². The number of carbonyl (C=O) groups excluding carboxylic acids is 1. The van der Waals surface area contributed by atoms with Gasteiger partial charge in [0.25, 0.3) is 16.8 Å². The minimum absolute atomic E-state index is 0.0428. The summed E-state index contributed by atoms with van der Waals surface area (Å²) in [6.45, 7) is 4.18. The molecule has 0 saturated heterocycles. The van der Waals surface area contributed by atoms with Crippen molar-refractivity contribution in [2.75, 3.05) is 24.7 Å². The predicted molar refractivity (Wildman–Crippen MR) is 116 cm³/mol. The molecular weight excluding hydrogens is 400 g/mol. The SMILES string of the molecule is CN(C)C(=O)c1nccc(Nc2c(N[C@H]3c4ccoc4CCC3(C)C)c(=O)c2=O)c1O. The summed E-state index contributed by atoms with van der Waals surface area (Å²) in [5.74, 6) is -0.0140. The van der Waals surface area contributed by atoms with Gasteiger partial charge >= 0.3 is 0 Å². The minimum atomic E-state index is -0.694. The molecule has 0 bridgehead atoms. The van der Waals surface area contributed by atoms with Gasteiger partial charge in [-0.15, -0.1) is 0 Å². The summed E-state index contributed by atoms with van der Waals surface area (Å²) in [7, 11) is 3.08. The van der Waals surface area contributed by atoms with Crippen molar-refractivity contribution in [3.05, 3.63) is 62.1 Å². The number of nitrogens with one attached hydrogen (secondary N) is 2. The van der Waals surface area contributed by atoms with Gasteiger partial charge in [-0.2, -0.15) is 0 Å². The van der Waals surface area contributed by atoms with Crippen LogP contribution in [0.1, 0.15) is 48.1 Å². The highest BCUT2D eigenvalue weighted by Crippen LogP contribution is 2.46. The summed E-state index contributed by atoms with van der Waals surface area (Å²) in [4.78, 5) is 42.1. The lowest BCUT2D eigenvalue weighted by molar-refractivity contribution is 0.0819. The van der Waals surface area contributed by atoms with Crippen LogP contribution in [-0.2, 0) is 6.42 Å². The number of amides is 1. The van der Waals surface area contributed by atoms with E-state index >= 15 is 0 Å². The number of hydrogen-bond acceptors (Lipinski definition) is 8. The van der Waals surface area contributed by atoms with Crippen LogP contribution in [0, 0.1) is 5.41 Å². The first kappa shape index (κ1) is 20.6. The van der Waals surface area contributed by atoms with Crippen molar-refractivity contribution in [1.82, 2.24) is 9.88 Å². The summed E-state index contributed by atoms with van der Waals surface area (Å²) < 4.78 is 5.55. The number of nitrogens with zero attached hydrogens (tertiary/aromatic N) is 2. The molecule has 3 N–H and O–H groups in total. The zero-order chi connectivity index (χ0) is 22.5. The quantitative estimate of drug-likeness (QED) is 0.534. The predicted octanol–water partition coefficient (Wildman–Crippen LogP) is 2.55. The Bertz CT molecular complexity index is 1230. The zero-order valence-electron chi connectivity index (χ0n) is 17.8. The highest BCUT2D eigenvalue weighted by Gasteiger charge is 2.39. The second kappa shape index (κ2) is 7.26. The number of aromatic hydroxyl groups is 1. The molecule has 1 atom stereocenters. The van der Waals surface area contributed by atoms with Crippen LogP contribution in [0.15, 0.2) is 38.6 Å². The molecule has 2 aromatic heterocycles. The number of pyridine rings is 1. The minimum Gasteiger partial charge on any atom is -0.504 e. The Hall–Kier alpha value is -3.62. The van der Waals surface area contributed by atoms with Crippen molar-refractivity contribution in [3.8, 4) is 5.75 Å². The Morgan fingerprint density at radius 1 is 1.23 bits per heavy atom. The first-order valence-corrected chi connectivity index (χ1v) is 9.94. The Kier molecular flexibility index (Phi) is 4.83. The van der Waals surface area contributed by atoms with E-state index in [0.717, 1.165) is 24.2 Å². The molecule has 1 amide bonds. The summed E-state index contributed by atoms with van der Waals surface area (Å²) in [5.41, 5.74) is -0.400. The van der Waals surface area contributed by atoms with Crippen LogP contribution in [0.3, 0.4) is 0 Å². The van der Waals surface area contributed by atoms with Gasteiger partial charge in [-0.05, 0) is 24.0 Å². The number of hydrogen-bond donors (Lipinski definition) is 3. The van der Waals surface area contributed by atoms with E-state index in [-0.39, 0.29) is 34.2 Å². The van der Waals surface area contributed by atoms with Crippen molar-refractivity contribution >= 4 is 23.0 Å². The third-order valence-electron chi connectivity index (χ3n) is 5.86. The van der Waals surface area contributed by atoms with Crippen molar-refractivity contribution < 1.29 is 14.3 Å². The number of furan rings is 1. The Morgan fingerprint density at radius 2 is 1.94 bits per heavy atom. The molecule has 3 aromatic rings. The van der Waals surface area contributed by atoms with Crippen molar-refractivity contribution in [2.45, 2.75) is 32.7 Å². The molecule has 0 radical (unpaired) electrons. The van der Waals surface area contributed by atoms with Crippen LogP contribution in [-0.4, -0.2) is 35.0 Å². The normalized spacial score (nSPS) is 17.2. The van der Waals surface area contributed by atoms with Gasteiger partial charge in [0, 0.05) is 32.3 Å². The van der Waals surface area contributed by atoms with Crippen LogP contribution in [0.2, 0.25) is 0 Å². The van der Waals surface area contributed by atoms with Gasteiger partial charge in [0.2, 0.25) is 0 Å². The van der Waals surface area contributed by atoms with E-state index in [4.69, 9.17) is 4.42 Å². The summed E-state index contributed by atoms with van der Waals surface area (Å²) >= 11 is 0. The van der Waals surface area contributed by atoms with Crippen molar-refractivity contribution in [3.63, 3.8) is 0 Å². The molecule has 0 aliphatic heterocycles. The fourth-order valence-corrected chi connectivity index (χ4v) is 3.94. The number of aromatic nitrogens is 1. The van der Waals surface area contributed by atoms with Gasteiger partial charge in [0.05, 0.1) is 18.0 Å². The molecule has 31 heavy (non-hydrogen) atoms. The smallest absolute Gasteiger partial charge is 0.275 e. The summed E-state index contributed by atoms with van der Waals surface area (Å²) in [5, 5.41) is 16.5. The van der Waals surface area contributed by atoms with E-state index in [1.807, 2.05) is 6.07 Å². The van der Waals surface area contributed by atoms with E-state index in [2.05, 4.69) is 29.5 Å². The van der Waals surface area contributed by atoms with E-state index in [1.165, 1.54) is 31.3 Å². The largest absolute Gasteiger partial charge is 0.504 e. The molecule has 162 valence electrons. The van der Waals surface area contributed by atoms with Gasteiger partial charge in [0.15, 0.2) is 11.4 Å². The van der Waals surface area contributed by atoms with Gasteiger partial charge < -0.3 is 25.1 Å². The fraction of sp³-hybridized carbons (Fsp3) is 0.364. The van der Waals surface area contributed by atoms with Crippen LogP contribution in [0.25, 0.3) is 0 Å². The molecule has 0 saturated carbocycles. The van der Waals surface area contributed by atoms with Crippen molar-refractivity contribution in [2.24, 2.45) is 5.41 Å². The monoisotopic (exact) mass is 424 g/mol. The van der Waals surface area contributed by atoms with E-state index < -0.39 is 22.5 Å². The average molecular weight is 424 g/mol. The van der Waals surface area contributed by atoms with Gasteiger partial charge in [-0.3, -0.25) is 14.4 Å². The first-order chi connectivity index (χ1) is 14.6. The molecule has 4 rings (SSSR count). The lowest BCUT2D eigenvalue weighted by Gasteiger charge is -2.39. The average Bonchev–Trinajstić information content (AvgIpc) is 3.20. The maximum atomic E-state index is 12.4. The standard InChI is InChI=1S/C22H24N4O5/c1-22(2)8-5-13-11(7-10-31-13)20(22)25-15-14(18(28)19(15)29)24-12-6-9-23-16(17(12)27)21(30)26(3)4/h6-7,9-10,20,25,27H,5,8H2,1-4H3,(H,23,24)/t20-/m0/s1. The molecule has 0 unspecified atom stereocenters. The van der Waals surface area contributed by atoms with Gasteiger partial charge in [-0.1, -0.05) is 13.8 Å². The second-order valence-electron chi connectivity index (χ2n) is 8.65. The van der Waals surface area contributed by atoms with Crippen LogP contribution >= 0.6 is 0 Å². The zero-order valence-corrected chi connectivity index (χ0v) is 17.8. The lowest BCUT2D eigenvalue weighted by atomic mass is 9.72. The summed E-state index contributed by atoms with van der Waals surface area (Å²) in [6, 6.07) is 3.08. The van der Waals surface area contributed by atoms with E-state index in [1.54, 1.807) is 6.26 Å². The molecule has 9 heteroatoms. The molecule has 0 fully saturated rings. The molecule has 9 nitrogen and oxygen atoms in total.